The molecule has 0 amide bonds. The fourth-order valence-electron chi connectivity index (χ4n) is 3.99. The van der Waals surface area contributed by atoms with Gasteiger partial charge in [0.25, 0.3) is 0 Å². The van der Waals surface area contributed by atoms with E-state index in [1.165, 1.54) is 17.5 Å². The quantitative estimate of drug-likeness (QED) is 0.906. The van der Waals surface area contributed by atoms with Gasteiger partial charge in [-0.2, -0.15) is 0 Å². The minimum atomic E-state index is 0.165. The third-order valence-electron chi connectivity index (χ3n) is 5.46. The molecule has 1 aromatic carbocycles. The third-order valence-corrected chi connectivity index (χ3v) is 5.46. The summed E-state index contributed by atoms with van der Waals surface area (Å²) in [5.41, 5.74) is 9.42. The van der Waals surface area contributed by atoms with Crippen molar-refractivity contribution in [1.29, 1.82) is 0 Å². The zero-order valence-electron chi connectivity index (χ0n) is 12.8. The van der Waals surface area contributed by atoms with E-state index in [0.29, 0.717) is 6.04 Å². The SMILES string of the molecule is CCC1CN(C2(CN)Cc3ccccc3C2)CCN1C. The van der Waals surface area contributed by atoms with Crippen LogP contribution < -0.4 is 5.73 Å². The molecule has 1 fully saturated rings. The maximum absolute atomic E-state index is 6.25. The van der Waals surface area contributed by atoms with Crippen molar-refractivity contribution >= 4 is 0 Å². The minimum absolute atomic E-state index is 0.165. The van der Waals surface area contributed by atoms with Crippen molar-refractivity contribution in [2.75, 3.05) is 33.2 Å². The first-order valence-corrected chi connectivity index (χ1v) is 7.90. The topological polar surface area (TPSA) is 32.5 Å². The summed E-state index contributed by atoms with van der Waals surface area (Å²) < 4.78 is 0. The Morgan fingerprint density at radius 1 is 1.20 bits per heavy atom. The van der Waals surface area contributed by atoms with E-state index >= 15 is 0 Å². The summed E-state index contributed by atoms with van der Waals surface area (Å²) in [4.78, 5) is 5.18. The van der Waals surface area contributed by atoms with Gasteiger partial charge in [0, 0.05) is 37.8 Å². The number of rotatable bonds is 3. The van der Waals surface area contributed by atoms with E-state index in [2.05, 4.69) is 48.0 Å². The molecule has 3 rings (SSSR count). The molecule has 0 aromatic heterocycles. The predicted molar refractivity (Wildman–Crippen MR) is 83.9 cm³/mol. The van der Waals surface area contributed by atoms with Gasteiger partial charge in [0.05, 0.1) is 0 Å². The van der Waals surface area contributed by atoms with E-state index in [0.717, 1.165) is 39.0 Å². The van der Waals surface area contributed by atoms with Crippen LogP contribution in [0.2, 0.25) is 0 Å². The van der Waals surface area contributed by atoms with Crippen LogP contribution in [0.1, 0.15) is 24.5 Å². The summed E-state index contributed by atoms with van der Waals surface area (Å²) in [7, 11) is 2.25. The summed E-state index contributed by atoms with van der Waals surface area (Å²) in [5.74, 6) is 0. The van der Waals surface area contributed by atoms with Gasteiger partial charge in [-0.15, -0.1) is 0 Å². The van der Waals surface area contributed by atoms with Crippen molar-refractivity contribution < 1.29 is 0 Å². The van der Waals surface area contributed by atoms with Crippen LogP contribution in [0.15, 0.2) is 24.3 Å². The molecule has 0 saturated carbocycles. The van der Waals surface area contributed by atoms with Gasteiger partial charge in [0.15, 0.2) is 0 Å². The van der Waals surface area contributed by atoms with E-state index in [1.807, 2.05) is 0 Å². The van der Waals surface area contributed by atoms with E-state index < -0.39 is 0 Å². The molecule has 20 heavy (non-hydrogen) atoms. The smallest absolute Gasteiger partial charge is 0.0413 e. The van der Waals surface area contributed by atoms with E-state index in [9.17, 15) is 0 Å². The van der Waals surface area contributed by atoms with Crippen molar-refractivity contribution in [2.45, 2.75) is 37.8 Å². The van der Waals surface area contributed by atoms with Crippen LogP contribution in [-0.2, 0) is 12.8 Å². The molecule has 3 heteroatoms. The Hall–Kier alpha value is -0.900. The fraction of sp³-hybridized carbons (Fsp3) is 0.647. The summed E-state index contributed by atoms with van der Waals surface area (Å²) in [6.45, 7) is 6.54. The first-order valence-electron chi connectivity index (χ1n) is 7.90. The highest BCUT2D eigenvalue weighted by molar-refractivity contribution is 5.36. The number of likely N-dealkylation sites (N-methyl/N-ethyl adjacent to an activating group) is 1. The minimum Gasteiger partial charge on any atom is -0.329 e. The van der Waals surface area contributed by atoms with Gasteiger partial charge < -0.3 is 10.6 Å². The number of nitrogens with zero attached hydrogens (tertiary/aromatic N) is 2. The molecule has 0 radical (unpaired) electrons. The van der Waals surface area contributed by atoms with Crippen molar-refractivity contribution in [3.63, 3.8) is 0 Å². The van der Waals surface area contributed by atoms with Gasteiger partial charge in [-0.25, -0.2) is 0 Å². The monoisotopic (exact) mass is 273 g/mol. The lowest BCUT2D eigenvalue weighted by atomic mass is 9.91. The first-order chi connectivity index (χ1) is 9.68. The fourth-order valence-corrected chi connectivity index (χ4v) is 3.99. The highest BCUT2D eigenvalue weighted by Gasteiger charge is 2.43. The Morgan fingerprint density at radius 2 is 1.85 bits per heavy atom. The highest BCUT2D eigenvalue weighted by atomic mass is 15.3. The maximum Gasteiger partial charge on any atom is 0.0413 e. The second-order valence-electron chi connectivity index (χ2n) is 6.54. The zero-order chi connectivity index (χ0) is 14.2. The van der Waals surface area contributed by atoms with Gasteiger partial charge in [-0.1, -0.05) is 31.2 Å². The van der Waals surface area contributed by atoms with Crippen LogP contribution in [0, 0.1) is 0 Å². The second-order valence-corrected chi connectivity index (χ2v) is 6.54. The highest BCUT2D eigenvalue weighted by Crippen LogP contribution is 2.35. The van der Waals surface area contributed by atoms with Crippen LogP contribution in [-0.4, -0.2) is 54.6 Å². The molecule has 3 nitrogen and oxygen atoms in total. The lowest BCUT2D eigenvalue weighted by Gasteiger charge is -2.48. The number of benzene rings is 1. The van der Waals surface area contributed by atoms with Crippen molar-refractivity contribution in [2.24, 2.45) is 5.73 Å². The van der Waals surface area contributed by atoms with Crippen molar-refractivity contribution in [3.8, 4) is 0 Å². The van der Waals surface area contributed by atoms with Gasteiger partial charge in [0.1, 0.15) is 0 Å². The summed E-state index contributed by atoms with van der Waals surface area (Å²) in [6.07, 6.45) is 3.47. The molecule has 2 aliphatic rings. The zero-order valence-corrected chi connectivity index (χ0v) is 12.8. The van der Waals surface area contributed by atoms with E-state index in [1.54, 1.807) is 0 Å². The molecule has 0 bridgehead atoms. The van der Waals surface area contributed by atoms with Gasteiger partial charge in [-0.05, 0) is 37.4 Å². The average molecular weight is 273 g/mol. The Morgan fingerprint density at radius 3 is 2.40 bits per heavy atom. The van der Waals surface area contributed by atoms with E-state index in [4.69, 9.17) is 5.73 Å². The maximum atomic E-state index is 6.25. The summed E-state index contributed by atoms with van der Waals surface area (Å²) in [5, 5.41) is 0. The molecule has 1 heterocycles. The van der Waals surface area contributed by atoms with Crippen molar-refractivity contribution in [3.05, 3.63) is 35.4 Å². The molecule has 1 unspecified atom stereocenters. The lowest BCUT2D eigenvalue weighted by molar-refractivity contribution is 0.0165. The van der Waals surface area contributed by atoms with Crippen molar-refractivity contribution in [1.82, 2.24) is 9.80 Å². The van der Waals surface area contributed by atoms with Crippen LogP contribution >= 0.6 is 0 Å². The van der Waals surface area contributed by atoms with E-state index in [-0.39, 0.29) is 5.54 Å². The predicted octanol–water partition coefficient (Wildman–Crippen LogP) is 1.51. The molecular formula is C17H27N3. The number of hydrogen-bond donors (Lipinski definition) is 1. The Labute approximate surface area is 122 Å². The molecule has 110 valence electrons. The van der Waals surface area contributed by atoms with Crippen LogP contribution in [0.3, 0.4) is 0 Å². The van der Waals surface area contributed by atoms with Crippen LogP contribution in [0.25, 0.3) is 0 Å². The molecule has 1 aliphatic heterocycles. The number of fused-ring (bicyclic) bond motifs is 1. The van der Waals surface area contributed by atoms with Crippen LogP contribution in [0.4, 0.5) is 0 Å². The van der Waals surface area contributed by atoms with Gasteiger partial charge in [0.2, 0.25) is 0 Å². The number of hydrogen-bond acceptors (Lipinski definition) is 3. The summed E-state index contributed by atoms with van der Waals surface area (Å²) in [6, 6.07) is 9.55. The first kappa shape index (κ1) is 14.1. The Bertz CT molecular complexity index is 446. The molecule has 1 atom stereocenters. The standard InChI is InChI=1S/C17H27N3/c1-3-16-12-20(9-8-19(16)2)17(13-18)10-14-6-4-5-7-15(14)11-17/h4-7,16H,3,8-13,18H2,1-2H3. The summed E-state index contributed by atoms with van der Waals surface area (Å²) >= 11 is 0. The Kier molecular flexibility index (Phi) is 3.85. The van der Waals surface area contributed by atoms with Gasteiger partial charge in [-0.3, -0.25) is 4.90 Å². The average Bonchev–Trinajstić information content (AvgIpc) is 2.87. The second kappa shape index (κ2) is 5.47. The van der Waals surface area contributed by atoms with Crippen LogP contribution in [0.5, 0.6) is 0 Å². The molecule has 2 N–H and O–H groups in total. The normalized spacial score (nSPS) is 26.6. The van der Waals surface area contributed by atoms with Gasteiger partial charge >= 0.3 is 0 Å². The molecule has 1 aromatic rings. The molecule has 0 spiro atoms. The largest absolute Gasteiger partial charge is 0.329 e. The molecule has 1 aliphatic carbocycles. The number of piperazine rings is 1. The Balaban J connectivity index is 1.81. The third kappa shape index (κ3) is 2.28. The molecular weight excluding hydrogens is 246 g/mol. The number of nitrogens with two attached hydrogens (primary N) is 1. The lowest BCUT2D eigenvalue weighted by Crippen LogP contribution is -2.63. The molecule has 1 saturated heterocycles.